The molecule has 0 spiro atoms. The average molecular weight is 341 g/mol. The van der Waals surface area contributed by atoms with E-state index in [1.54, 1.807) is 6.08 Å². The highest BCUT2D eigenvalue weighted by Crippen LogP contribution is 2.40. The topological polar surface area (TPSA) is 78.9 Å². The lowest BCUT2D eigenvalue weighted by Crippen LogP contribution is -2.35. The largest absolute Gasteiger partial charge is 0.480 e. The maximum absolute atomic E-state index is 14.6. The summed E-state index contributed by atoms with van der Waals surface area (Å²) in [6.07, 6.45) is 1.94. The van der Waals surface area contributed by atoms with Gasteiger partial charge in [0.05, 0.1) is 5.02 Å². The van der Waals surface area contributed by atoms with E-state index in [2.05, 4.69) is 5.32 Å². The van der Waals surface area contributed by atoms with Crippen molar-refractivity contribution < 1.29 is 23.8 Å². The molecule has 0 bridgehead atoms. The molecule has 8 heteroatoms. The van der Waals surface area contributed by atoms with Crippen molar-refractivity contribution in [1.29, 1.82) is 0 Å². The van der Waals surface area contributed by atoms with Crippen molar-refractivity contribution in [2.45, 2.75) is 12.8 Å². The lowest BCUT2D eigenvalue weighted by atomic mass is 10.0. The molecule has 2 aliphatic rings. The summed E-state index contributed by atoms with van der Waals surface area (Å²) in [5, 5.41) is 11.7. The zero-order chi connectivity index (χ0) is 16.6. The number of hydrogen-bond acceptors (Lipinski definition) is 3. The molecule has 0 radical (unpaired) electrons. The van der Waals surface area contributed by atoms with Crippen molar-refractivity contribution in [2.75, 3.05) is 25.0 Å². The third-order valence-corrected chi connectivity index (χ3v) is 4.04. The third-order valence-electron chi connectivity index (χ3n) is 3.76. The van der Waals surface area contributed by atoms with Gasteiger partial charge >= 0.3 is 6.09 Å². The van der Waals surface area contributed by atoms with Crippen molar-refractivity contribution in [3.63, 3.8) is 0 Å². The van der Waals surface area contributed by atoms with E-state index in [1.165, 1.54) is 11.0 Å². The number of halogens is 2. The van der Waals surface area contributed by atoms with E-state index in [1.807, 2.05) is 0 Å². The van der Waals surface area contributed by atoms with Crippen molar-refractivity contribution >= 4 is 35.4 Å². The molecule has 1 aromatic carbocycles. The fraction of sp³-hybridized carbons (Fsp3) is 0.333. The number of carboxylic acid groups (broad SMARTS) is 1. The van der Waals surface area contributed by atoms with Crippen LogP contribution in [0.4, 0.5) is 14.9 Å². The van der Waals surface area contributed by atoms with Crippen molar-refractivity contribution in [1.82, 2.24) is 4.90 Å². The second kappa shape index (κ2) is 6.08. The molecule has 1 fully saturated rings. The van der Waals surface area contributed by atoms with Gasteiger partial charge in [0.15, 0.2) is 18.2 Å². The Hall–Kier alpha value is -2.28. The zero-order valence-electron chi connectivity index (χ0n) is 12.1. The predicted octanol–water partition coefficient (Wildman–Crippen LogP) is 2.97. The standard InChI is InChI=1S/C15H14ClFN2O4/c16-10-5-9(4-8-2-1-3-19(6-8)15(21)22)12(17)13-14(10)23-7-11(20)18-13/h4-5H,1-3,6-7H2,(H,18,20)(H,21,22)/b8-4+. The second-order valence-electron chi connectivity index (χ2n) is 5.41. The Labute approximate surface area is 136 Å². The highest BCUT2D eigenvalue weighted by molar-refractivity contribution is 6.33. The Morgan fingerprint density at radius 2 is 2.30 bits per heavy atom. The second-order valence-corrected chi connectivity index (χ2v) is 5.82. The smallest absolute Gasteiger partial charge is 0.407 e. The van der Waals surface area contributed by atoms with Gasteiger partial charge in [-0.05, 0) is 24.5 Å². The van der Waals surface area contributed by atoms with Crippen LogP contribution in [0.5, 0.6) is 5.75 Å². The molecule has 6 nitrogen and oxygen atoms in total. The van der Waals surface area contributed by atoms with E-state index in [9.17, 15) is 14.0 Å². The Kier molecular flexibility index (Phi) is 4.12. The summed E-state index contributed by atoms with van der Waals surface area (Å²) in [7, 11) is 0. The molecule has 0 aromatic heterocycles. The number of amides is 2. The van der Waals surface area contributed by atoms with Crippen molar-refractivity contribution in [3.05, 3.63) is 28.0 Å². The predicted molar refractivity (Wildman–Crippen MR) is 82.3 cm³/mol. The molecular weight excluding hydrogens is 327 g/mol. The molecule has 0 unspecified atom stereocenters. The molecule has 122 valence electrons. The van der Waals surface area contributed by atoms with Crippen molar-refractivity contribution in [3.8, 4) is 5.75 Å². The fourth-order valence-corrected chi connectivity index (χ4v) is 2.97. The minimum absolute atomic E-state index is 0.0773. The molecular formula is C15H14ClFN2O4. The molecule has 1 aromatic rings. The van der Waals surface area contributed by atoms with Gasteiger partial charge in [-0.3, -0.25) is 4.79 Å². The lowest BCUT2D eigenvalue weighted by molar-refractivity contribution is -0.118. The Balaban J connectivity index is 1.96. The number of hydrogen-bond donors (Lipinski definition) is 2. The SMILES string of the molecule is O=C1COc2c(Cl)cc(/C=C3\CCCN(C(=O)O)C3)c(F)c2N1. The molecule has 2 aliphatic heterocycles. The molecule has 23 heavy (non-hydrogen) atoms. The van der Waals surface area contributed by atoms with Gasteiger partial charge in [0.2, 0.25) is 0 Å². The van der Waals surface area contributed by atoms with Crippen LogP contribution >= 0.6 is 11.6 Å². The van der Waals surface area contributed by atoms with Crippen LogP contribution in [-0.4, -0.2) is 41.7 Å². The number of ether oxygens (including phenoxy) is 1. The number of nitrogens with zero attached hydrogens (tertiary/aromatic N) is 1. The molecule has 2 heterocycles. The summed E-state index contributed by atoms with van der Waals surface area (Å²) in [5.74, 6) is -0.980. The van der Waals surface area contributed by atoms with E-state index in [-0.39, 0.29) is 35.2 Å². The molecule has 2 N–H and O–H groups in total. The summed E-state index contributed by atoms with van der Waals surface area (Å²) in [6.45, 7) is 0.483. The average Bonchev–Trinajstić information content (AvgIpc) is 2.52. The highest BCUT2D eigenvalue weighted by atomic mass is 35.5. The number of piperidine rings is 1. The van der Waals surface area contributed by atoms with Crippen LogP contribution in [0.1, 0.15) is 18.4 Å². The summed E-state index contributed by atoms with van der Waals surface area (Å²) >= 11 is 6.09. The highest BCUT2D eigenvalue weighted by Gasteiger charge is 2.25. The zero-order valence-corrected chi connectivity index (χ0v) is 12.8. The monoisotopic (exact) mass is 340 g/mol. The molecule has 3 rings (SSSR count). The van der Waals surface area contributed by atoms with Gasteiger partial charge in [-0.25, -0.2) is 9.18 Å². The van der Waals surface area contributed by atoms with Crippen molar-refractivity contribution in [2.24, 2.45) is 0 Å². The maximum atomic E-state index is 14.6. The number of carbonyl (C=O) groups excluding carboxylic acids is 1. The first-order chi connectivity index (χ1) is 11.0. The van der Waals surface area contributed by atoms with Crippen LogP contribution in [0.2, 0.25) is 5.02 Å². The quantitative estimate of drug-likeness (QED) is 0.823. The first-order valence-corrected chi connectivity index (χ1v) is 7.45. The van der Waals surface area contributed by atoms with E-state index in [0.29, 0.717) is 19.4 Å². The molecule has 0 saturated carbocycles. The van der Waals surface area contributed by atoms with Gasteiger partial charge in [0.1, 0.15) is 5.69 Å². The molecule has 0 atom stereocenters. The first-order valence-electron chi connectivity index (χ1n) is 7.07. The van der Waals surface area contributed by atoms with Gasteiger partial charge in [-0.2, -0.15) is 0 Å². The summed E-state index contributed by atoms with van der Waals surface area (Å²) < 4.78 is 19.7. The van der Waals surface area contributed by atoms with Crippen LogP contribution < -0.4 is 10.1 Å². The number of benzene rings is 1. The van der Waals surface area contributed by atoms with E-state index in [4.69, 9.17) is 21.4 Å². The van der Waals surface area contributed by atoms with E-state index >= 15 is 0 Å². The minimum atomic E-state index is -1.000. The number of anilines is 1. The van der Waals surface area contributed by atoms with Gasteiger partial charge in [-0.1, -0.05) is 17.7 Å². The maximum Gasteiger partial charge on any atom is 0.407 e. The Morgan fingerprint density at radius 1 is 1.52 bits per heavy atom. The fourth-order valence-electron chi connectivity index (χ4n) is 2.70. The summed E-state index contributed by atoms with van der Waals surface area (Å²) in [5.41, 5.74) is 0.907. The third kappa shape index (κ3) is 3.10. The van der Waals surface area contributed by atoms with Crippen LogP contribution in [0.25, 0.3) is 6.08 Å². The number of carbonyl (C=O) groups is 2. The number of fused-ring (bicyclic) bond motifs is 1. The van der Waals surface area contributed by atoms with Gasteiger partial charge in [-0.15, -0.1) is 0 Å². The number of likely N-dealkylation sites (tertiary alicyclic amines) is 1. The normalized spacial score (nSPS) is 19.1. The molecule has 0 aliphatic carbocycles. The van der Waals surface area contributed by atoms with E-state index in [0.717, 1.165) is 5.57 Å². The van der Waals surface area contributed by atoms with Crippen LogP contribution in [0.15, 0.2) is 11.6 Å². The minimum Gasteiger partial charge on any atom is -0.480 e. The first kappa shape index (κ1) is 15.6. The Morgan fingerprint density at radius 3 is 3.04 bits per heavy atom. The van der Waals surface area contributed by atoms with Gasteiger partial charge in [0.25, 0.3) is 5.91 Å². The van der Waals surface area contributed by atoms with E-state index < -0.39 is 17.8 Å². The number of rotatable bonds is 1. The summed E-state index contributed by atoms with van der Waals surface area (Å²) in [6, 6.07) is 1.42. The molecule has 1 saturated heterocycles. The number of nitrogens with one attached hydrogen (secondary N) is 1. The molecule has 2 amide bonds. The van der Waals surface area contributed by atoms with Crippen LogP contribution in [0.3, 0.4) is 0 Å². The Bertz CT molecular complexity index is 720. The van der Waals surface area contributed by atoms with Crippen LogP contribution in [-0.2, 0) is 4.79 Å². The van der Waals surface area contributed by atoms with Gasteiger partial charge < -0.3 is 20.1 Å². The lowest BCUT2D eigenvalue weighted by Gasteiger charge is -2.26. The van der Waals surface area contributed by atoms with Crippen LogP contribution in [0, 0.1) is 5.82 Å². The van der Waals surface area contributed by atoms with Gasteiger partial charge in [0, 0.05) is 18.7 Å². The summed E-state index contributed by atoms with van der Waals surface area (Å²) in [4.78, 5) is 23.7.